The maximum Gasteiger partial charge on any atom is 0.272 e. The van der Waals surface area contributed by atoms with Crippen LogP contribution in [0.2, 0.25) is 10.0 Å². The second-order valence-electron chi connectivity index (χ2n) is 6.24. The molecule has 3 aromatic rings. The van der Waals surface area contributed by atoms with E-state index in [0.717, 1.165) is 5.01 Å². The Morgan fingerprint density at radius 1 is 1.28 bits per heavy atom. The van der Waals surface area contributed by atoms with Crippen LogP contribution in [0.1, 0.15) is 26.4 Å². The van der Waals surface area contributed by atoms with Crippen molar-refractivity contribution in [2.24, 2.45) is 5.84 Å². The summed E-state index contributed by atoms with van der Waals surface area (Å²) in [6, 6.07) is 8.11. The largest absolute Gasteiger partial charge is 0.320 e. The average Bonchev–Trinajstić information content (AvgIpc) is 3.05. The highest BCUT2D eigenvalue weighted by Gasteiger charge is 2.22. The molecule has 29 heavy (non-hydrogen) atoms. The van der Waals surface area contributed by atoms with Crippen LogP contribution in [0.5, 0.6) is 0 Å². The van der Waals surface area contributed by atoms with E-state index in [4.69, 9.17) is 29.0 Å². The molecule has 7 nitrogen and oxygen atoms in total. The van der Waals surface area contributed by atoms with Gasteiger partial charge in [-0.2, -0.15) is 0 Å². The monoisotopic (exact) mass is 495 g/mol. The van der Waals surface area contributed by atoms with Gasteiger partial charge in [0.05, 0.1) is 16.3 Å². The van der Waals surface area contributed by atoms with Gasteiger partial charge in [0.25, 0.3) is 11.8 Å². The number of aromatic nitrogens is 2. The number of benzene rings is 1. The summed E-state index contributed by atoms with van der Waals surface area (Å²) >= 11 is 15.7. The molecule has 3 N–H and O–H groups in total. The molecule has 0 fully saturated rings. The first-order valence-corrected chi connectivity index (χ1v) is 9.87. The molecule has 10 heteroatoms. The minimum absolute atomic E-state index is 0.182. The number of rotatable bonds is 4. The van der Waals surface area contributed by atoms with Gasteiger partial charge in [-0.05, 0) is 58.7 Å². The van der Waals surface area contributed by atoms with Crippen LogP contribution in [0, 0.1) is 6.92 Å². The van der Waals surface area contributed by atoms with Gasteiger partial charge < -0.3 is 5.32 Å². The lowest BCUT2D eigenvalue weighted by atomic mass is 10.1. The molecule has 3 rings (SSSR count). The smallest absolute Gasteiger partial charge is 0.272 e. The van der Waals surface area contributed by atoms with Gasteiger partial charge in [-0.3, -0.25) is 19.2 Å². The van der Waals surface area contributed by atoms with Gasteiger partial charge in [-0.1, -0.05) is 23.2 Å². The van der Waals surface area contributed by atoms with Crippen molar-refractivity contribution in [2.45, 2.75) is 6.92 Å². The molecular formula is C19H16BrCl2N5O2. The highest BCUT2D eigenvalue weighted by Crippen LogP contribution is 2.29. The third kappa shape index (κ3) is 4.45. The maximum absolute atomic E-state index is 13.1. The van der Waals surface area contributed by atoms with E-state index in [9.17, 15) is 9.59 Å². The Labute approximate surface area is 185 Å². The number of hydrogen-bond donors (Lipinski definition) is 2. The number of halogens is 3. The van der Waals surface area contributed by atoms with Gasteiger partial charge in [-0.15, -0.1) is 0 Å². The quantitative estimate of drug-likeness (QED) is 0.317. The third-order valence-corrected chi connectivity index (χ3v) is 5.02. The van der Waals surface area contributed by atoms with Crippen molar-refractivity contribution in [3.8, 4) is 5.82 Å². The summed E-state index contributed by atoms with van der Waals surface area (Å²) in [5.74, 6) is 5.04. The van der Waals surface area contributed by atoms with Crippen LogP contribution in [-0.2, 0) is 0 Å². The van der Waals surface area contributed by atoms with Crippen molar-refractivity contribution in [1.29, 1.82) is 0 Å². The summed E-state index contributed by atoms with van der Waals surface area (Å²) in [6.07, 6.45) is 3.26. The molecule has 0 aliphatic rings. The van der Waals surface area contributed by atoms with Gasteiger partial charge in [-0.25, -0.2) is 10.8 Å². The summed E-state index contributed by atoms with van der Waals surface area (Å²) in [4.78, 5) is 29.8. The molecular weight excluding hydrogens is 481 g/mol. The molecule has 150 valence electrons. The fraction of sp³-hybridized carbons (Fsp3) is 0.105. The summed E-state index contributed by atoms with van der Waals surface area (Å²) in [7, 11) is 1.41. The lowest BCUT2D eigenvalue weighted by Gasteiger charge is -2.17. The first-order valence-electron chi connectivity index (χ1n) is 8.32. The lowest BCUT2D eigenvalue weighted by Crippen LogP contribution is -2.34. The number of hydrogen-bond acceptors (Lipinski definition) is 4. The van der Waals surface area contributed by atoms with Gasteiger partial charge in [0, 0.05) is 28.9 Å². The highest BCUT2D eigenvalue weighted by atomic mass is 79.9. The fourth-order valence-electron chi connectivity index (χ4n) is 2.78. The van der Waals surface area contributed by atoms with Crippen LogP contribution in [0.25, 0.3) is 5.82 Å². The first-order chi connectivity index (χ1) is 13.7. The number of nitrogens with one attached hydrogen (secondary N) is 1. The molecule has 0 radical (unpaired) electrons. The predicted molar refractivity (Wildman–Crippen MR) is 117 cm³/mol. The Kier molecular flexibility index (Phi) is 6.28. The van der Waals surface area contributed by atoms with E-state index in [1.807, 2.05) is 0 Å². The fourth-order valence-corrected chi connectivity index (χ4v) is 3.69. The van der Waals surface area contributed by atoms with E-state index in [0.29, 0.717) is 31.6 Å². The summed E-state index contributed by atoms with van der Waals surface area (Å²) in [6.45, 7) is 1.74. The summed E-state index contributed by atoms with van der Waals surface area (Å²) in [5, 5.41) is 4.45. The molecule has 2 amide bonds. The van der Waals surface area contributed by atoms with E-state index < -0.39 is 11.8 Å². The number of aryl methyl sites for hydroxylation is 1. The predicted octanol–water partition coefficient (Wildman–Crippen LogP) is 4.45. The second kappa shape index (κ2) is 8.54. The van der Waals surface area contributed by atoms with Gasteiger partial charge in [0.15, 0.2) is 5.82 Å². The summed E-state index contributed by atoms with van der Waals surface area (Å²) in [5.41, 5.74) is 1.38. The minimum atomic E-state index is -0.491. The number of amides is 2. The standard InChI is InChI=1S/C19H16BrCl2N5O2/c1-10-6-12(21)8-13(19(29)26(2)23)16(10)25-18(28)15-7-11(20)9-27(15)17-14(22)4-3-5-24-17/h3-9H,23H2,1-2H3,(H,25,28). The molecule has 0 bridgehead atoms. The number of carbonyl (C=O) groups is 2. The normalized spacial score (nSPS) is 10.7. The van der Waals surface area contributed by atoms with Crippen molar-refractivity contribution in [3.63, 3.8) is 0 Å². The molecule has 0 unspecified atom stereocenters. The topological polar surface area (TPSA) is 93.3 Å². The Morgan fingerprint density at radius 2 is 2.00 bits per heavy atom. The highest BCUT2D eigenvalue weighted by molar-refractivity contribution is 9.10. The molecule has 0 saturated heterocycles. The van der Waals surface area contributed by atoms with Crippen LogP contribution in [0.15, 0.2) is 47.2 Å². The second-order valence-corrected chi connectivity index (χ2v) is 8.00. The summed E-state index contributed by atoms with van der Waals surface area (Å²) < 4.78 is 2.22. The zero-order valence-electron chi connectivity index (χ0n) is 15.4. The van der Waals surface area contributed by atoms with Crippen LogP contribution < -0.4 is 11.2 Å². The SMILES string of the molecule is Cc1cc(Cl)cc(C(=O)N(C)N)c1NC(=O)c1cc(Br)cn1-c1ncccc1Cl. The van der Waals surface area contributed by atoms with Gasteiger partial charge in [0.1, 0.15) is 5.69 Å². The van der Waals surface area contributed by atoms with E-state index in [-0.39, 0.29) is 11.3 Å². The zero-order chi connectivity index (χ0) is 21.3. The molecule has 2 heterocycles. The Bertz CT molecular complexity index is 1110. The van der Waals surface area contributed by atoms with Crippen LogP contribution in [-0.4, -0.2) is 33.4 Å². The van der Waals surface area contributed by atoms with Crippen LogP contribution in [0.4, 0.5) is 5.69 Å². The molecule has 0 saturated carbocycles. The average molecular weight is 497 g/mol. The third-order valence-electron chi connectivity index (χ3n) is 4.08. The van der Waals surface area contributed by atoms with Crippen molar-refractivity contribution < 1.29 is 9.59 Å². The van der Waals surface area contributed by atoms with Crippen molar-refractivity contribution in [2.75, 3.05) is 12.4 Å². The lowest BCUT2D eigenvalue weighted by molar-refractivity contribution is 0.0796. The number of pyridine rings is 1. The van der Waals surface area contributed by atoms with E-state index in [1.54, 1.807) is 48.1 Å². The number of hydrazine groups is 1. The van der Waals surface area contributed by atoms with Crippen LogP contribution >= 0.6 is 39.1 Å². The van der Waals surface area contributed by atoms with E-state index in [2.05, 4.69) is 26.2 Å². The molecule has 0 spiro atoms. The first kappa shape index (κ1) is 21.3. The van der Waals surface area contributed by atoms with Crippen LogP contribution in [0.3, 0.4) is 0 Å². The zero-order valence-corrected chi connectivity index (χ0v) is 18.5. The minimum Gasteiger partial charge on any atom is -0.320 e. The molecule has 0 atom stereocenters. The van der Waals surface area contributed by atoms with E-state index in [1.165, 1.54) is 13.1 Å². The molecule has 2 aromatic heterocycles. The molecule has 0 aliphatic heterocycles. The number of anilines is 1. The van der Waals surface area contributed by atoms with Gasteiger partial charge in [0.2, 0.25) is 0 Å². The van der Waals surface area contributed by atoms with Crippen molar-refractivity contribution in [1.82, 2.24) is 14.6 Å². The Balaban J connectivity index is 2.05. The number of nitrogens with zero attached hydrogens (tertiary/aromatic N) is 3. The van der Waals surface area contributed by atoms with Crippen molar-refractivity contribution in [3.05, 3.63) is 74.1 Å². The number of carbonyl (C=O) groups excluding carboxylic acids is 2. The molecule has 0 aliphatic carbocycles. The Morgan fingerprint density at radius 3 is 2.66 bits per heavy atom. The van der Waals surface area contributed by atoms with Crippen molar-refractivity contribution >= 4 is 56.6 Å². The van der Waals surface area contributed by atoms with E-state index >= 15 is 0 Å². The molecule has 1 aromatic carbocycles. The van der Waals surface area contributed by atoms with Gasteiger partial charge >= 0.3 is 0 Å². The maximum atomic E-state index is 13.1. The number of nitrogens with two attached hydrogens (primary N) is 1. The Hall–Kier alpha value is -2.39.